The third kappa shape index (κ3) is 3.89. The molecule has 0 saturated heterocycles. The summed E-state index contributed by atoms with van der Waals surface area (Å²) in [6, 6.07) is 5.59. The monoisotopic (exact) mass is 238 g/mol. The van der Waals surface area contributed by atoms with Crippen molar-refractivity contribution in [2.45, 2.75) is 51.2 Å². The maximum absolute atomic E-state index is 5.79. The molecule has 2 nitrogen and oxygen atoms in total. The maximum atomic E-state index is 5.79. The number of nitrogens with zero attached hydrogens (tertiary/aromatic N) is 1. The molecule has 16 heavy (non-hydrogen) atoms. The van der Waals surface area contributed by atoms with E-state index in [1.54, 1.807) is 0 Å². The van der Waals surface area contributed by atoms with E-state index in [0.29, 0.717) is 6.04 Å². The first-order valence-corrected chi connectivity index (χ1v) is 7.15. The number of thiophene rings is 1. The predicted octanol–water partition coefficient (Wildman–Crippen LogP) is 2.84. The van der Waals surface area contributed by atoms with Crippen molar-refractivity contribution in [2.24, 2.45) is 5.73 Å². The third-order valence-electron chi connectivity index (χ3n) is 3.11. The molecule has 0 aromatic carbocycles. The van der Waals surface area contributed by atoms with E-state index in [1.807, 2.05) is 11.3 Å². The van der Waals surface area contributed by atoms with Crippen LogP contribution >= 0.6 is 11.3 Å². The first-order chi connectivity index (χ1) is 7.75. The summed E-state index contributed by atoms with van der Waals surface area (Å²) in [5.41, 5.74) is 5.79. The summed E-state index contributed by atoms with van der Waals surface area (Å²) in [7, 11) is 0. The lowest BCUT2D eigenvalue weighted by Gasteiger charge is -2.21. The van der Waals surface area contributed by atoms with Gasteiger partial charge in [-0.1, -0.05) is 6.07 Å². The van der Waals surface area contributed by atoms with Gasteiger partial charge in [-0.05, 0) is 50.6 Å². The highest BCUT2D eigenvalue weighted by atomic mass is 32.1. The van der Waals surface area contributed by atoms with Gasteiger partial charge in [0.05, 0.1) is 0 Å². The van der Waals surface area contributed by atoms with Gasteiger partial charge < -0.3 is 5.73 Å². The van der Waals surface area contributed by atoms with E-state index >= 15 is 0 Å². The maximum Gasteiger partial charge on any atom is 0.0330 e. The molecule has 1 unspecified atom stereocenters. The molecule has 0 spiro atoms. The minimum atomic E-state index is 0.350. The molecule has 1 aliphatic carbocycles. The molecular weight excluding hydrogens is 216 g/mol. The van der Waals surface area contributed by atoms with Crippen LogP contribution in [-0.2, 0) is 6.54 Å². The fourth-order valence-corrected chi connectivity index (χ4v) is 2.78. The van der Waals surface area contributed by atoms with Crippen molar-refractivity contribution < 1.29 is 0 Å². The molecular formula is C13H22N2S. The van der Waals surface area contributed by atoms with Crippen LogP contribution in [-0.4, -0.2) is 23.5 Å². The van der Waals surface area contributed by atoms with Gasteiger partial charge in [0.1, 0.15) is 0 Å². The summed E-state index contributed by atoms with van der Waals surface area (Å²) >= 11 is 1.87. The van der Waals surface area contributed by atoms with Crippen LogP contribution in [0.15, 0.2) is 17.5 Å². The minimum absolute atomic E-state index is 0.350. The molecule has 1 aliphatic rings. The second-order valence-electron chi connectivity index (χ2n) is 4.90. The van der Waals surface area contributed by atoms with Crippen LogP contribution in [0.25, 0.3) is 0 Å². The largest absolute Gasteiger partial charge is 0.328 e. The second kappa shape index (κ2) is 5.80. The Morgan fingerprint density at radius 1 is 1.56 bits per heavy atom. The first-order valence-electron chi connectivity index (χ1n) is 6.27. The molecule has 2 rings (SSSR count). The lowest BCUT2D eigenvalue weighted by molar-refractivity contribution is 0.249. The molecule has 0 bridgehead atoms. The number of hydrogen-bond donors (Lipinski definition) is 1. The van der Waals surface area contributed by atoms with Gasteiger partial charge in [0, 0.05) is 23.5 Å². The van der Waals surface area contributed by atoms with Crippen molar-refractivity contribution in [3.63, 3.8) is 0 Å². The van der Waals surface area contributed by atoms with E-state index < -0.39 is 0 Å². The van der Waals surface area contributed by atoms with Gasteiger partial charge in [0.2, 0.25) is 0 Å². The van der Waals surface area contributed by atoms with Crippen LogP contribution in [0, 0.1) is 0 Å². The van der Waals surface area contributed by atoms with Crippen molar-refractivity contribution in [3.05, 3.63) is 22.4 Å². The van der Waals surface area contributed by atoms with Crippen LogP contribution in [0.1, 0.15) is 37.5 Å². The van der Waals surface area contributed by atoms with E-state index in [-0.39, 0.29) is 0 Å². The van der Waals surface area contributed by atoms with E-state index in [2.05, 4.69) is 29.3 Å². The second-order valence-corrected chi connectivity index (χ2v) is 5.93. The highest BCUT2D eigenvalue weighted by molar-refractivity contribution is 7.09. The zero-order chi connectivity index (χ0) is 11.4. The quantitative estimate of drug-likeness (QED) is 0.791. The van der Waals surface area contributed by atoms with E-state index in [4.69, 9.17) is 5.73 Å². The van der Waals surface area contributed by atoms with Gasteiger partial charge in [0.25, 0.3) is 0 Å². The van der Waals surface area contributed by atoms with Crippen LogP contribution in [0.5, 0.6) is 0 Å². The molecule has 0 radical (unpaired) electrons. The molecule has 1 aromatic heterocycles. The molecule has 90 valence electrons. The molecule has 1 aromatic rings. The van der Waals surface area contributed by atoms with E-state index in [9.17, 15) is 0 Å². The third-order valence-corrected chi connectivity index (χ3v) is 3.97. The van der Waals surface area contributed by atoms with Crippen molar-refractivity contribution in [1.29, 1.82) is 0 Å². The smallest absolute Gasteiger partial charge is 0.0330 e. The lowest BCUT2D eigenvalue weighted by Crippen LogP contribution is -2.27. The van der Waals surface area contributed by atoms with Crippen LogP contribution in [0.2, 0.25) is 0 Å². The standard InChI is InChI=1S/C13H22N2S/c1-11(14)4-2-8-15(12-6-7-12)10-13-5-3-9-16-13/h3,5,9,11-12H,2,4,6-8,10,14H2,1H3. The van der Waals surface area contributed by atoms with E-state index in [1.165, 1.54) is 30.7 Å². The normalized spacial score (nSPS) is 17.9. The fraction of sp³-hybridized carbons (Fsp3) is 0.692. The average Bonchev–Trinajstić information content (AvgIpc) is 2.96. The molecule has 1 saturated carbocycles. The van der Waals surface area contributed by atoms with Crippen molar-refractivity contribution >= 4 is 11.3 Å². The zero-order valence-corrected chi connectivity index (χ0v) is 10.9. The summed E-state index contributed by atoms with van der Waals surface area (Å²) in [5.74, 6) is 0. The SMILES string of the molecule is CC(N)CCCN(Cc1cccs1)C1CC1. The van der Waals surface area contributed by atoms with Gasteiger partial charge >= 0.3 is 0 Å². The Balaban J connectivity index is 1.76. The lowest BCUT2D eigenvalue weighted by atomic mass is 10.2. The van der Waals surface area contributed by atoms with Crippen molar-refractivity contribution in [1.82, 2.24) is 4.90 Å². The summed E-state index contributed by atoms with van der Waals surface area (Å²) in [6.45, 7) is 4.45. The van der Waals surface area contributed by atoms with Gasteiger partial charge in [0.15, 0.2) is 0 Å². The molecule has 1 heterocycles. The Morgan fingerprint density at radius 2 is 2.38 bits per heavy atom. The summed E-state index contributed by atoms with van der Waals surface area (Å²) in [4.78, 5) is 4.13. The summed E-state index contributed by atoms with van der Waals surface area (Å²) < 4.78 is 0. The number of hydrogen-bond acceptors (Lipinski definition) is 3. The number of nitrogens with two attached hydrogens (primary N) is 1. The zero-order valence-electron chi connectivity index (χ0n) is 10.1. The van der Waals surface area contributed by atoms with Gasteiger partial charge in [-0.25, -0.2) is 0 Å². The van der Waals surface area contributed by atoms with E-state index in [0.717, 1.165) is 19.0 Å². The van der Waals surface area contributed by atoms with Gasteiger partial charge in [-0.15, -0.1) is 11.3 Å². The molecule has 2 N–H and O–H groups in total. The van der Waals surface area contributed by atoms with Crippen LogP contribution in [0.4, 0.5) is 0 Å². The Hall–Kier alpha value is -0.380. The van der Waals surface area contributed by atoms with Crippen molar-refractivity contribution in [3.8, 4) is 0 Å². The molecule has 0 aliphatic heterocycles. The van der Waals surface area contributed by atoms with Crippen LogP contribution < -0.4 is 5.73 Å². The Labute approximate surface area is 102 Å². The molecule has 1 atom stereocenters. The topological polar surface area (TPSA) is 29.3 Å². The molecule has 0 amide bonds. The number of rotatable bonds is 7. The predicted molar refractivity (Wildman–Crippen MR) is 70.6 cm³/mol. The Bertz CT molecular complexity index is 291. The Kier molecular flexibility index (Phi) is 4.38. The highest BCUT2D eigenvalue weighted by Crippen LogP contribution is 2.29. The highest BCUT2D eigenvalue weighted by Gasteiger charge is 2.28. The summed E-state index contributed by atoms with van der Waals surface area (Å²) in [6.07, 6.45) is 5.17. The van der Waals surface area contributed by atoms with Crippen LogP contribution in [0.3, 0.4) is 0 Å². The Morgan fingerprint density at radius 3 is 2.94 bits per heavy atom. The minimum Gasteiger partial charge on any atom is -0.328 e. The average molecular weight is 238 g/mol. The van der Waals surface area contributed by atoms with Crippen molar-refractivity contribution in [2.75, 3.05) is 6.54 Å². The molecule has 1 fully saturated rings. The first kappa shape index (κ1) is 12.1. The molecule has 3 heteroatoms. The van der Waals surface area contributed by atoms with Gasteiger partial charge in [-0.2, -0.15) is 0 Å². The van der Waals surface area contributed by atoms with Gasteiger partial charge in [-0.3, -0.25) is 4.90 Å². The fourth-order valence-electron chi connectivity index (χ4n) is 2.05. The summed E-state index contributed by atoms with van der Waals surface area (Å²) in [5, 5.41) is 2.17.